The Bertz CT molecular complexity index is 267. The summed E-state index contributed by atoms with van der Waals surface area (Å²) in [5.41, 5.74) is 0. The van der Waals surface area contributed by atoms with E-state index in [9.17, 15) is 0 Å². The van der Waals surface area contributed by atoms with Crippen LogP contribution in [-0.4, -0.2) is 110 Å². The fourth-order valence-electron chi connectivity index (χ4n) is 4.88. The Morgan fingerprint density at radius 2 is 0.842 bits per heavy atom. The van der Waals surface area contributed by atoms with Gasteiger partial charge in [-0.05, 0) is 0 Å². The maximum atomic E-state index is 2.66. The van der Waals surface area contributed by atoms with Gasteiger partial charge in [0.2, 0.25) is 0 Å². The van der Waals surface area contributed by atoms with Gasteiger partial charge in [-0.15, -0.1) is 0 Å². The largest absolute Gasteiger partial charge is 0.320 e. The van der Waals surface area contributed by atoms with Gasteiger partial charge in [0.15, 0.2) is 0 Å². The van der Waals surface area contributed by atoms with Gasteiger partial charge in [0.25, 0.3) is 0 Å². The van der Waals surface area contributed by atoms with Gasteiger partial charge in [0.05, 0.1) is 52.4 Å². The van der Waals surface area contributed by atoms with E-state index in [0.717, 1.165) is 0 Å². The average Bonchev–Trinajstić information content (AvgIpc) is 2.50. The molecule has 0 saturated carbocycles. The molecule has 0 spiro atoms. The van der Waals surface area contributed by atoms with Crippen LogP contribution in [0.15, 0.2) is 0 Å². The van der Waals surface area contributed by atoms with Crippen molar-refractivity contribution in [3.8, 4) is 0 Å². The number of nitrogens with zero attached hydrogens (tertiary/aromatic N) is 4. The molecule has 0 N–H and O–H groups in total. The first-order valence-corrected chi connectivity index (χ1v) is 8.43. The Balaban J connectivity index is 1.30. The molecule has 6 heterocycles. The van der Waals surface area contributed by atoms with Crippen LogP contribution in [0.2, 0.25) is 0 Å². The molecule has 6 rings (SSSR count). The Morgan fingerprint density at radius 1 is 0.526 bits per heavy atom. The van der Waals surface area contributed by atoms with E-state index in [1.54, 1.807) is 0 Å². The molecule has 0 atom stereocenters. The van der Waals surface area contributed by atoms with Crippen molar-refractivity contribution in [3.05, 3.63) is 0 Å². The first-order chi connectivity index (χ1) is 9.28. The summed E-state index contributed by atoms with van der Waals surface area (Å²) in [6, 6.07) is 0. The Hall–Kier alpha value is -0.160. The third-order valence-corrected chi connectivity index (χ3v) is 6.61. The van der Waals surface area contributed by atoms with Gasteiger partial charge in [-0.25, -0.2) is 0 Å². The SMILES string of the molecule is C(C[N+]12CCN(CC1)CC2)C[N+]12CCN(CC1)CC2. The molecule has 0 unspecified atom stereocenters. The van der Waals surface area contributed by atoms with Crippen LogP contribution in [0.3, 0.4) is 0 Å². The summed E-state index contributed by atoms with van der Waals surface area (Å²) in [5, 5.41) is 0. The van der Waals surface area contributed by atoms with E-state index in [1.165, 1.54) is 107 Å². The van der Waals surface area contributed by atoms with Crippen LogP contribution in [0, 0.1) is 0 Å². The van der Waals surface area contributed by atoms with Gasteiger partial charge >= 0.3 is 0 Å². The molecule has 6 fully saturated rings. The van der Waals surface area contributed by atoms with Crippen molar-refractivity contribution < 1.29 is 8.97 Å². The Labute approximate surface area is 117 Å². The van der Waals surface area contributed by atoms with Crippen LogP contribution in [0.5, 0.6) is 0 Å². The van der Waals surface area contributed by atoms with E-state index >= 15 is 0 Å². The van der Waals surface area contributed by atoms with Crippen molar-refractivity contribution in [1.29, 1.82) is 0 Å². The van der Waals surface area contributed by atoms with Gasteiger partial charge < -0.3 is 8.97 Å². The van der Waals surface area contributed by atoms with Gasteiger partial charge in [-0.1, -0.05) is 0 Å². The van der Waals surface area contributed by atoms with Crippen LogP contribution >= 0.6 is 0 Å². The molecular weight excluding hydrogens is 236 g/mol. The lowest BCUT2D eigenvalue weighted by atomic mass is 10.1. The van der Waals surface area contributed by atoms with Crippen molar-refractivity contribution in [3.63, 3.8) is 0 Å². The second-order valence-electron chi connectivity index (χ2n) is 7.51. The fourth-order valence-corrected chi connectivity index (χ4v) is 4.88. The van der Waals surface area contributed by atoms with E-state index in [4.69, 9.17) is 0 Å². The quantitative estimate of drug-likeness (QED) is 0.643. The van der Waals surface area contributed by atoms with Gasteiger partial charge in [-0.3, -0.25) is 9.80 Å². The highest BCUT2D eigenvalue weighted by molar-refractivity contribution is 4.72. The lowest BCUT2D eigenvalue weighted by molar-refractivity contribution is -0.958. The molecule has 0 radical (unpaired) electrons. The van der Waals surface area contributed by atoms with E-state index in [2.05, 4.69) is 9.80 Å². The molecule has 4 nitrogen and oxygen atoms in total. The maximum absolute atomic E-state index is 2.66. The van der Waals surface area contributed by atoms with E-state index < -0.39 is 0 Å². The number of hydrogen-bond donors (Lipinski definition) is 0. The molecule has 0 aromatic rings. The highest BCUT2D eigenvalue weighted by atomic mass is 15.5. The molecule has 0 aliphatic carbocycles. The molecule has 108 valence electrons. The van der Waals surface area contributed by atoms with Crippen LogP contribution < -0.4 is 0 Å². The normalized spacial score (nSPS) is 48.6. The fraction of sp³-hybridized carbons (Fsp3) is 1.00. The number of fused-ring (bicyclic) bond motifs is 6. The number of hydrogen-bond acceptors (Lipinski definition) is 2. The number of quaternary nitrogens is 2. The van der Waals surface area contributed by atoms with Gasteiger partial charge in [0, 0.05) is 45.7 Å². The molecule has 6 aliphatic rings. The van der Waals surface area contributed by atoms with Crippen molar-refractivity contribution in [2.24, 2.45) is 0 Å². The zero-order valence-electron chi connectivity index (χ0n) is 12.4. The lowest BCUT2D eigenvalue weighted by Crippen LogP contribution is -2.69. The molecule has 6 aliphatic heterocycles. The van der Waals surface area contributed by atoms with E-state index in [0.29, 0.717) is 0 Å². The predicted molar refractivity (Wildman–Crippen MR) is 77.0 cm³/mol. The zero-order valence-corrected chi connectivity index (χ0v) is 12.4. The summed E-state index contributed by atoms with van der Waals surface area (Å²) in [4.78, 5) is 5.32. The molecule has 19 heavy (non-hydrogen) atoms. The van der Waals surface area contributed by atoms with E-state index in [1.807, 2.05) is 0 Å². The Kier molecular flexibility index (Phi) is 3.10. The summed E-state index contributed by atoms with van der Waals surface area (Å²) in [7, 11) is 0. The highest BCUT2D eigenvalue weighted by Gasteiger charge is 2.41. The maximum Gasteiger partial charge on any atom is 0.0916 e. The van der Waals surface area contributed by atoms with Crippen LogP contribution in [0.25, 0.3) is 0 Å². The number of rotatable bonds is 4. The van der Waals surface area contributed by atoms with Crippen molar-refractivity contribution in [1.82, 2.24) is 9.80 Å². The molecule has 4 heteroatoms. The van der Waals surface area contributed by atoms with Crippen molar-refractivity contribution >= 4 is 0 Å². The monoisotopic (exact) mass is 266 g/mol. The standard InChI is InChI=1S/C15H30N4/c1(8-18-10-2-16(3-11-18)4-12-18)9-19-13-5-17(6-14-19)7-15-19/h1-15H2/q+2. The topological polar surface area (TPSA) is 6.48 Å². The minimum absolute atomic E-state index is 1.37. The second kappa shape index (κ2) is 4.69. The van der Waals surface area contributed by atoms with Crippen molar-refractivity contribution in [2.75, 3.05) is 91.6 Å². The Morgan fingerprint density at radius 3 is 1.16 bits per heavy atom. The van der Waals surface area contributed by atoms with Crippen LogP contribution in [0.1, 0.15) is 6.42 Å². The first kappa shape index (κ1) is 12.6. The summed E-state index contributed by atoms with van der Waals surface area (Å²) in [6.07, 6.45) is 1.47. The average molecular weight is 266 g/mol. The first-order valence-electron chi connectivity index (χ1n) is 8.43. The molecule has 0 aromatic carbocycles. The van der Waals surface area contributed by atoms with Crippen LogP contribution in [0.4, 0.5) is 0 Å². The summed E-state index contributed by atoms with van der Waals surface area (Å²) < 4.78 is 2.92. The van der Waals surface area contributed by atoms with Crippen LogP contribution in [-0.2, 0) is 0 Å². The van der Waals surface area contributed by atoms with Crippen molar-refractivity contribution in [2.45, 2.75) is 6.42 Å². The minimum atomic E-state index is 1.37. The highest BCUT2D eigenvalue weighted by Crippen LogP contribution is 2.23. The molecule has 0 aromatic heterocycles. The van der Waals surface area contributed by atoms with E-state index in [-0.39, 0.29) is 0 Å². The lowest BCUT2D eigenvalue weighted by Gasteiger charge is -2.52. The molecule has 4 bridgehead atoms. The van der Waals surface area contributed by atoms with Gasteiger partial charge in [0.1, 0.15) is 0 Å². The minimum Gasteiger partial charge on any atom is -0.320 e. The summed E-state index contributed by atoms with van der Waals surface area (Å²) in [5.74, 6) is 0. The third-order valence-electron chi connectivity index (χ3n) is 6.61. The summed E-state index contributed by atoms with van der Waals surface area (Å²) >= 11 is 0. The number of piperazine rings is 6. The molecule has 0 amide bonds. The summed E-state index contributed by atoms with van der Waals surface area (Å²) in [6.45, 7) is 19.8. The molecular formula is C15H30N4+2. The molecule has 6 saturated heterocycles. The zero-order chi connectivity index (χ0) is 12.8. The smallest absolute Gasteiger partial charge is 0.0916 e. The third kappa shape index (κ3) is 2.33. The predicted octanol–water partition coefficient (Wildman–Crippen LogP) is -0.331. The second-order valence-corrected chi connectivity index (χ2v) is 7.51. The van der Waals surface area contributed by atoms with Gasteiger partial charge in [-0.2, -0.15) is 0 Å².